The molecule has 6 nitrogen and oxygen atoms in total. The number of pyridine rings is 1. The summed E-state index contributed by atoms with van der Waals surface area (Å²) in [6, 6.07) is 13.6. The van der Waals surface area contributed by atoms with Gasteiger partial charge in [-0.15, -0.1) is 0 Å². The smallest absolute Gasteiger partial charge is 0.336 e. The average molecular weight is 453 g/mol. The van der Waals surface area contributed by atoms with Gasteiger partial charge in [-0.25, -0.2) is 9.18 Å². The summed E-state index contributed by atoms with van der Waals surface area (Å²) in [5.74, 6) is -0.476. The van der Waals surface area contributed by atoms with E-state index in [1.165, 1.54) is 30.3 Å². The number of aromatic nitrogens is 1. The Morgan fingerprint density at radius 2 is 1.94 bits per heavy atom. The molecule has 1 amide bonds. The fourth-order valence-corrected chi connectivity index (χ4v) is 3.54. The zero-order chi connectivity index (χ0) is 22.8. The number of rotatable bonds is 5. The third-order valence-electron chi connectivity index (χ3n) is 4.78. The third kappa shape index (κ3) is 4.63. The molecule has 8 heteroatoms. The van der Waals surface area contributed by atoms with Crippen LogP contribution < -0.4 is 15.7 Å². The minimum absolute atomic E-state index is 0.175. The van der Waals surface area contributed by atoms with Crippen molar-refractivity contribution in [3.05, 3.63) is 87.7 Å². The predicted molar refractivity (Wildman–Crippen MR) is 121 cm³/mol. The number of halogens is 2. The van der Waals surface area contributed by atoms with Crippen LogP contribution in [0.1, 0.15) is 12.6 Å². The van der Waals surface area contributed by atoms with Crippen LogP contribution in [0.5, 0.6) is 5.75 Å². The Kier molecular flexibility index (Phi) is 5.92. The van der Waals surface area contributed by atoms with E-state index in [1.807, 2.05) is 6.92 Å². The van der Waals surface area contributed by atoms with Gasteiger partial charge in [0, 0.05) is 46.2 Å². The quantitative estimate of drug-likeness (QED) is 0.412. The van der Waals surface area contributed by atoms with Crippen molar-refractivity contribution in [1.82, 2.24) is 4.98 Å². The van der Waals surface area contributed by atoms with E-state index >= 15 is 0 Å². The van der Waals surface area contributed by atoms with Crippen LogP contribution in [0.2, 0.25) is 5.02 Å². The van der Waals surface area contributed by atoms with Crippen molar-refractivity contribution < 1.29 is 18.3 Å². The summed E-state index contributed by atoms with van der Waals surface area (Å²) in [6.45, 7) is 3.43. The molecular formula is C24H18ClFN2O4. The number of nitrogens with one attached hydrogen (secondary N) is 1. The predicted octanol–water partition coefficient (Wildman–Crippen LogP) is 5.36. The lowest BCUT2D eigenvalue weighted by Crippen LogP contribution is -2.30. The molecule has 0 saturated carbocycles. The van der Waals surface area contributed by atoms with Gasteiger partial charge < -0.3 is 14.5 Å². The number of amides is 1. The summed E-state index contributed by atoms with van der Waals surface area (Å²) >= 11 is 6.18. The Bertz CT molecular complexity index is 1390. The first-order valence-corrected chi connectivity index (χ1v) is 10.1. The SMILES string of the molecule is Cc1cc(NC(=O)C(C)Oc2ccc3c(-c4ccc(F)cc4Cl)cc(=O)oc3c2)ccn1. The summed E-state index contributed by atoms with van der Waals surface area (Å²) in [4.78, 5) is 28.7. The molecule has 1 N–H and O–H groups in total. The van der Waals surface area contributed by atoms with E-state index in [2.05, 4.69) is 10.3 Å². The second-order valence-corrected chi connectivity index (χ2v) is 7.60. The van der Waals surface area contributed by atoms with Crippen LogP contribution in [0.4, 0.5) is 10.1 Å². The lowest BCUT2D eigenvalue weighted by Gasteiger charge is -2.15. The maximum absolute atomic E-state index is 13.4. The van der Waals surface area contributed by atoms with Crippen molar-refractivity contribution in [2.45, 2.75) is 20.0 Å². The standard InChI is InChI=1S/C24H18ClFN2O4/c1-13-9-16(7-8-27-13)28-24(30)14(2)31-17-4-6-19-20(12-23(29)32-22(19)11-17)18-5-3-15(26)10-21(18)25/h3-12,14H,1-2H3,(H,27,28,30). The van der Waals surface area contributed by atoms with E-state index in [9.17, 15) is 14.0 Å². The van der Waals surface area contributed by atoms with Crippen LogP contribution in [0.3, 0.4) is 0 Å². The molecule has 4 aromatic rings. The van der Waals surface area contributed by atoms with Crippen LogP contribution >= 0.6 is 11.6 Å². The number of anilines is 1. The molecule has 0 fully saturated rings. The highest BCUT2D eigenvalue weighted by Crippen LogP contribution is 2.34. The second kappa shape index (κ2) is 8.80. The zero-order valence-corrected chi connectivity index (χ0v) is 17.9. The van der Waals surface area contributed by atoms with Gasteiger partial charge in [0.25, 0.3) is 5.91 Å². The summed E-state index contributed by atoms with van der Waals surface area (Å²) in [5.41, 5.74) is 2.06. The first-order valence-electron chi connectivity index (χ1n) is 9.73. The Balaban J connectivity index is 1.61. The molecule has 4 rings (SSSR count). The van der Waals surface area contributed by atoms with E-state index in [0.29, 0.717) is 28.0 Å². The van der Waals surface area contributed by atoms with Gasteiger partial charge in [0.15, 0.2) is 6.10 Å². The van der Waals surface area contributed by atoms with E-state index in [4.69, 9.17) is 20.8 Å². The molecule has 32 heavy (non-hydrogen) atoms. The number of fused-ring (bicyclic) bond motifs is 1. The Hall–Kier alpha value is -3.71. The maximum atomic E-state index is 13.4. The van der Waals surface area contributed by atoms with Crippen LogP contribution in [-0.4, -0.2) is 17.0 Å². The number of benzene rings is 2. The fraction of sp³-hybridized carbons (Fsp3) is 0.125. The topological polar surface area (TPSA) is 81.4 Å². The highest BCUT2D eigenvalue weighted by molar-refractivity contribution is 6.33. The highest BCUT2D eigenvalue weighted by Gasteiger charge is 2.17. The van der Waals surface area contributed by atoms with E-state index in [1.54, 1.807) is 37.4 Å². The molecule has 2 aromatic heterocycles. The average Bonchev–Trinajstić information content (AvgIpc) is 2.73. The first-order chi connectivity index (χ1) is 15.3. The largest absolute Gasteiger partial charge is 0.481 e. The molecule has 0 saturated heterocycles. The van der Waals surface area contributed by atoms with Gasteiger partial charge >= 0.3 is 5.63 Å². The van der Waals surface area contributed by atoms with Gasteiger partial charge in [0.05, 0.1) is 5.02 Å². The van der Waals surface area contributed by atoms with E-state index in [-0.39, 0.29) is 16.5 Å². The number of ether oxygens (including phenoxy) is 1. The van der Waals surface area contributed by atoms with Gasteiger partial charge in [-0.1, -0.05) is 11.6 Å². The van der Waals surface area contributed by atoms with Gasteiger partial charge in [-0.05, 0) is 56.3 Å². The summed E-state index contributed by atoms with van der Waals surface area (Å²) in [7, 11) is 0. The number of nitrogens with zero attached hydrogens (tertiary/aromatic N) is 1. The van der Waals surface area contributed by atoms with Crippen molar-refractivity contribution in [2.24, 2.45) is 0 Å². The lowest BCUT2D eigenvalue weighted by molar-refractivity contribution is -0.122. The Morgan fingerprint density at radius 3 is 2.69 bits per heavy atom. The summed E-state index contributed by atoms with van der Waals surface area (Å²) in [6.07, 6.45) is 0.787. The minimum Gasteiger partial charge on any atom is -0.481 e. The molecule has 0 aliphatic carbocycles. The first kappa shape index (κ1) is 21.5. The monoisotopic (exact) mass is 452 g/mol. The van der Waals surface area contributed by atoms with Gasteiger partial charge in [0.1, 0.15) is 17.1 Å². The number of hydrogen-bond donors (Lipinski definition) is 1. The number of hydrogen-bond acceptors (Lipinski definition) is 5. The van der Waals surface area contributed by atoms with Crippen LogP contribution in [0.25, 0.3) is 22.1 Å². The molecule has 162 valence electrons. The van der Waals surface area contributed by atoms with Crippen LogP contribution in [0.15, 0.2) is 70.0 Å². The Morgan fingerprint density at radius 1 is 1.12 bits per heavy atom. The molecule has 0 aliphatic rings. The zero-order valence-electron chi connectivity index (χ0n) is 17.2. The molecule has 2 aromatic carbocycles. The van der Waals surface area contributed by atoms with Crippen molar-refractivity contribution in [3.63, 3.8) is 0 Å². The molecule has 0 aliphatic heterocycles. The van der Waals surface area contributed by atoms with Crippen molar-refractivity contribution in [3.8, 4) is 16.9 Å². The van der Waals surface area contributed by atoms with E-state index < -0.39 is 17.5 Å². The van der Waals surface area contributed by atoms with Crippen molar-refractivity contribution in [1.29, 1.82) is 0 Å². The Labute approximate surface area is 187 Å². The lowest BCUT2D eigenvalue weighted by atomic mass is 10.0. The maximum Gasteiger partial charge on any atom is 0.336 e. The molecule has 0 spiro atoms. The molecule has 2 heterocycles. The van der Waals surface area contributed by atoms with Gasteiger partial charge in [-0.2, -0.15) is 0 Å². The molecule has 1 atom stereocenters. The van der Waals surface area contributed by atoms with Crippen molar-refractivity contribution >= 4 is 34.2 Å². The van der Waals surface area contributed by atoms with Crippen molar-refractivity contribution in [2.75, 3.05) is 5.32 Å². The second-order valence-electron chi connectivity index (χ2n) is 7.20. The molecule has 0 bridgehead atoms. The van der Waals surface area contributed by atoms with Gasteiger partial charge in [-0.3, -0.25) is 9.78 Å². The number of aryl methyl sites for hydroxylation is 1. The minimum atomic E-state index is -0.817. The fourth-order valence-electron chi connectivity index (χ4n) is 3.27. The highest BCUT2D eigenvalue weighted by atomic mass is 35.5. The summed E-state index contributed by atoms with van der Waals surface area (Å²) < 4.78 is 24.5. The molecule has 0 radical (unpaired) electrons. The number of carbonyl (C=O) groups is 1. The van der Waals surface area contributed by atoms with Gasteiger partial charge in [0.2, 0.25) is 0 Å². The van der Waals surface area contributed by atoms with E-state index in [0.717, 1.165) is 5.69 Å². The van der Waals surface area contributed by atoms with Crippen LogP contribution in [0, 0.1) is 12.7 Å². The normalized spacial score (nSPS) is 11.9. The molecular weight excluding hydrogens is 435 g/mol. The number of carbonyl (C=O) groups excluding carboxylic acids is 1. The summed E-state index contributed by atoms with van der Waals surface area (Å²) in [5, 5.41) is 3.54. The molecule has 1 unspecified atom stereocenters. The van der Waals surface area contributed by atoms with Crippen LogP contribution in [-0.2, 0) is 4.79 Å². The third-order valence-corrected chi connectivity index (χ3v) is 5.10.